The molecule has 0 radical (unpaired) electrons. The molecule has 0 aliphatic rings. The number of hydrogen-bond donors (Lipinski definition) is 1. The Hall–Kier alpha value is -3.32. The summed E-state index contributed by atoms with van der Waals surface area (Å²) < 4.78 is 6.40. The van der Waals surface area contributed by atoms with Crippen LogP contribution in [0.15, 0.2) is 93.6 Å². The molecule has 0 bridgehead atoms. The van der Waals surface area contributed by atoms with E-state index in [1.54, 1.807) is 18.2 Å². The molecule has 7 heteroatoms. The Morgan fingerprint density at radius 3 is 2.45 bits per heavy atom. The van der Waals surface area contributed by atoms with Crippen molar-refractivity contribution in [3.05, 3.63) is 89.3 Å². The van der Waals surface area contributed by atoms with Crippen molar-refractivity contribution < 1.29 is 14.3 Å². The summed E-state index contributed by atoms with van der Waals surface area (Å²) in [6.07, 6.45) is 0.488. The van der Waals surface area contributed by atoms with Gasteiger partial charge in [-0.1, -0.05) is 48.2 Å². The lowest BCUT2D eigenvalue weighted by Gasteiger charge is -2.16. The first-order valence-electron chi connectivity index (χ1n) is 9.00. The molecule has 1 aromatic heterocycles. The minimum atomic E-state index is -1.00. The number of hydrogen-bond acceptors (Lipinski definition) is 5. The SMILES string of the molecule is C[C@H](OC(=O)Cn1ccccc1=O)C(=O)Nc1ccccc1Sc1ccccc1. The van der Waals surface area contributed by atoms with Crippen LogP contribution in [0.3, 0.4) is 0 Å². The van der Waals surface area contributed by atoms with Crippen molar-refractivity contribution in [3.8, 4) is 0 Å². The number of para-hydroxylation sites is 1. The highest BCUT2D eigenvalue weighted by atomic mass is 32.2. The van der Waals surface area contributed by atoms with Gasteiger partial charge >= 0.3 is 5.97 Å². The molecular formula is C22H20N2O4S. The average Bonchev–Trinajstić information content (AvgIpc) is 2.72. The van der Waals surface area contributed by atoms with E-state index >= 15 is 0 Å². The Morgan fingerprint density at radius 1 is 1.00 bits per heavy atom. The van der Waals surface area contributed by atoms with Gasteiger partial charge in [0, 0.05) is 22.1 Å². The number of aromatic nitrogens is 1. The number of pyridine rings is 1. The molecule has 1 amide bonds. The van der Waals surface area contributed by atoms with Crippen LogP contribution in [-0.2, 0) is 20.9 Å². The van der Waals surface area contributed by atoms with Crippen molar-refractivity contribution in [2.45, 2.75) is 29.4 Å². The first kappa shape index (κ1) is 20.4. The zero-order chi connectivity index (χ0) is 20.6. The molecule has 1 atom stereocenters. The van der Waals surface area contributed by atoms with Crippen LogP contribution < -0.4 is 10.9 Å². The maximum Gasteiger partial charge on any atom is 0.326 e. The van der Waals surface area contributed by atoms with Crippen LogP contribution in [0.5, 0.6) is 0 Å². The van der Waals surface area contributed by atoms with Gasteiger partial charge in [0.2, 0.25) is 0 Å². The fourth-order valence-corrected chi connectivity index (χ4v) is 3.45. The molecule has 0 saturated heterocycles. The third kappa shape index (κ3) is 5.83. The van der Waals surface area contributed by atoms with E-state index in [4.69, 9.17) is 4.74 Å². The number of anilines is 1. The van der Waals surface area contributed by atoms with Gasteiger partial charge < -0.3 is 14.6 Å². The molecule has 0 spiro atoms. The van der Waals surface area contributed by atoms with Crippen LogP contribution in [-0.4, -0.2) is 22.5 Å². The largest absolute Gasteiger partial charge is 0.451 e. The monoisotopic (exact) mass is 408 g/mol. The number of benzene rings is 2. The van der Waals surface area contributed by atoms with Crippen LogP contribution in [0, 0.1) is 0 Å². The first-order chi connectivity index (χ1) is 14.0. The quantitative estimate of drug-likeness (QED) is 0.605. The molecular weight excluding hydrogens is 388 g/mol. The van der Waals surface area contributed by atoms with E-state index in [1.165, 1.54) is 35.5 Å². The van der Waals surface area contributed by atoms with Crippen LogP contribution in [0.4, 0.5) is 5.69 Å². The molecule has 3 rings (SSSR count). The molecule has 0 aliphatic heterocycles. The Kier molecular flexibility index (Phi) is 6.86. The standard InChI is InChI=1S/C22H20N2O4S/c1-16(28-21(26)15-24-14-8-7-13-20(24)25)22(27)23-18-11-5-6-12-19(18)29-17-9-3-2-4-10-17/h2-14,16H,15H2,1H3,(H,23,27)/t16-/m0/s1. The van der Waals surface area contributed by atoms with Gasteiger partial charge in [-0.3, -0.25) is 14.4 Å². The maximum atomic E-state index is 12.5. The highest BCUT2D eigenvalue weighted by molar-refractivity contribution is 7.99. The second-order valence-corrected chi connectivity index (χ2v) is 7.31. The van der Waals surface area contributed by atoms with Gasteiger partial charge in [0.25, 0.3) is 11.5 Å². The van der Waals surface area contributed by atoms with E-state index in [2.05, 4.69) is 5.32 Å². The zero-order valence-corrected chi connectivity index (χ0v) is 16.6. The Balaban J connectivity index is 1.62. The highest BCUT2D eigenvalue weighted by Crippen LogP contribution is 2.33. The van der Waals surface area contributed by atoms with E-state index in [0.717, 1.165) is 9.79 Å². The molecule has 2 aromatic carbocycles. The predicted octanol–water partition coefficient (Wildman–Crippen LogP) is 3.57. The first-order valence-corrected chi connectivity index (χ1v) is 9.82. The number of esters is 1. The highest BCUT2D eigenvalue weighted by Gasteiger charge is 2.19. The van der Waals surface area contributed by atoms with Crippen molar-refractivity contribution in [1.82, 2.24) is 4.57 Å². The third-order valence-corrected chi connectivity index (χ3v) is 5.08. The van der Waals surface area contributed by atoms with Gasteiger partial charge in [-0.2, -0.15) is 0 Å². The lowest BCUT2D eigenvalue weighted by atomic mass is 10.3. The topological polar surface area (TPSA) is 77.4 Å². The van der Waals surface area contributed by atoms with Crippen molar-refractivity contribution in [3.63, 3.8) is 0 Å². The molecule has 0 unspecified atom stereocenters. The van der Waals surface area contributed by atoms with Gasteiger partial charge in [-0.05, 0) is 37.3 Å². The van der Waals surface area contributed by atoms with Crippen molar-refractivity contribution in [2.24, 2.45) is 0 Å². The molecule has 6 nitrogen and oxygen atoms in total. The van der Waals surface area contributed by atoms with E-state index in [-0.39, 0.29) is 12.1 Å². The summed E-state index contributed by atoms with van der Waals surface area (Å²) in [5.41, 5.74) is 0.321. The van der Waals surface area contributed by atoms with Crippen LogP contribution >= 0.6 is 11.8 Å². The van der Waals surface area contributed by atoms with Gasteiger partial charge in [0.15, 0.2) is 6.10 Å². The normalized spacial score (nSPS) is 11.5. The fourth-order valence-electron chi connectivity index (χ4n) is 2.53. The number of carbonyl (C=O) groups excluding carboxylic acids is 2. The summed E-state index contributed by atoms with van der Waals surface area (Å²) >= 11 is 1.52. The van der Waals surface area contributed by atoms with Crippen molar-refractivity contribution in [1.29, 1.82) is 0 Å². The van der Waals surface area contributed by atoms with Crippen molar-refractivity contribution in [2.75, 3.05) is 5.32 Å². The van der Waals surface area contributed by atoms with Crippen LogP contribution in [0.2, 0.25) is 0 Å². The van der Waals surface area contributed by atoms with Gasteiger partial charge in [-0.25, -0.2) is 0 Å². The van der Waals surface area contributed by atoms with E-state index in [0.29, 0.717) is 5.69 Å². The number of ether oxygens (including phenoxy) is 1. The Morgan fingerprint density at radius 2 is 1.69 bits per heavy atom. The van der Waals surface area contributed by atoms with Gasteiger partial charge in [-0.15, -0.1) is 0 Å². The van der Waals surface area contributed by atoms with Crippen molar-refractivity contribution >= 4 is 29.3 Å². The minimum absolute atomic E-state index is 0.252. The summed E-state index contributed by atoms with van der Waals surface area (Å²) in [6, 6.07) is 21.8. The summed E-state index contributed by atoms with van der Waals surface area (Å²) in [4.78, 5) is 38.2. The van der Waals surface area contributed by atoms with Gasteiger partial charge in [0.1, 0.15) is 6.54 Å². The second-order valence-electron chi connectivity index (χ2n) is 6.20. The molecule has 1 heterocycles. The Bertz CT molecular complexity index is 1050. The molecule has 0 saturated carbocycles. The number of nitrogens with one attached hydrogen (secondary N) is 1. The molecule has 148 valence electrons. The number of amides is 1. The maximum absolute atomic E-state index is 12.5. The lowest BCUT2D eigenvalue weighted by molar-refractivity contribution is -0.153. The molecule has 3 aromatic rings. The second kappa shape index (κ2) is 9.75. The molecule has 29 heavy (non-hydrogen) atoms. The average molecular weight is 408 g/mol. The fraction of sp³-hybridized carbons (Fsp3) is 0.136. The van der Waals surface area contributed by atoms with Crippen LogP contribution in [0.1, 0.15) is 6.92 Å². The van der Waals surface area contributed by atoms with E-state index in [1.807, 2.05) is 48.5 Å². The van der Waals surface area contributed by atoms with Gasteiger partial charge in [0.05, 0.1) is 5.69 Å². The minimum Gasteiger partial charge on any atom is -0.451 e. The summed E-state index contributed by atoms with van der Waals surface area (Å²) in [5, 5.41) is 2.81. The van der Waals surface area contributed by atoms with E-state index in [9.17, 15) is 14.4 Å². The summed E-state index contributed by atoms with van der Waals surface area (Å²) in [5.74, 6) is -1.10. The summed E-state index contributed by atoms with van der Waals surface area (Å²) in [7, 11) is 0. The Labute approximate surface area is 172 Å². The molecule has 0 fully saturated rings. The predicted molar refractivity (Wildman–Crippen MR) is 112 cm³/mol. The smallest absolute Gasteiger partial charge is 0.326 e. The zero-order valence-electron chi connectivity index (χ0n) is 15.8. The van der Waals surface area contributed by atoms with Crippen LogP contribution in [0.25, 0.3) is 0 Å². The molecule has 0 aliphatic carbocycles. The number of carbonyl (C=O) groups is 2. The number of rotatable bonds is 7. The summed E-state index contributed by atoms with van der Waals surface area (Å²) in [6.45, 7) is 1.24. The third-order valence-electron chi connectivity index (χ3n) is 3.99. The van der Waals surface area contributed by atoms with E-state index < -0.39 is 18.0 Å². The lowest BCUT2D eigenvalue weighted by Crippen LogP contribution is -2.32. The number of nitrogens with zero attached hydrogens (tertiary/aromatic N) is 1. The molecule has 1 N–H and O–H groups in total.